The van der Waals surface area contributed by atoms with Crippen molar-refractivity contribution in [3.8, 4) is 11.5 Å². The van der Waals surface area contributed by atoms with Crippen LogP contribution in [0.3, 0.4) is 0 Å². The highest BCUT2D eigenvalue weighted by atomic mass is 35.5. The zero-order valence-corrected chi connectivity index (χ0v) is 17.2. The Morgan fingerprint density at radius 3 is 2.52 bits per heavy atom. The highest BCUT2D eigenvalue weighted by Crippen LogP contribution is 2.28. The molecule has 0 saturated heterocycles. The van der Waals surface area contributed by atoms with E-state index >= 15 is 0 Å². The highest BCUT2D eigenvalue weighted by Gasteiger charge is 2.12. The number of carbonyl (C=O) groups excluding carboxylic acids is 1. The normalized spacial score (nSPS) is 10.1. The van der Waals surface area contributed by atoms with Crippen molar-refractivity contribution in [2.24, 2.45) is 0 Å². The van der Waals surface area contributed by atoms with Gasteiger partial charge in [0, 0.05) is 5.56 Å². The molecule has 0 saturated carbocycles. The van der Waals surface area contributed by atoms with Crippen molar-refractivity contribution in [3.63, 3.8) is 0 Å². The Morgan fingerprint density at radius 1 is 1.15 bits per heavy atom. The largest absolute Gasteiger partial charge is 0.493 e. The Bertz CT molecular complexity index is 835. The first-order valence-electron chi connectivity index (χ1n) is 8.30. The van der Waals surface area contributed by atoms with Gasteiger partial charge in [-0.1, -0.05) is 17.7 Å². The van der Waals surface area contributed by atoms with E-state index in [-0.39, 0.29) is 11.0 Å². The van der Waals surface area contributed by atoms with Gasteiger partial charge in [-0.25, -0.2) is 0 Å². The fourth-order valence-electron chi connectivity index (χ4n) is 2.49. The zero-order chi connectivity index (χ0) is 20.0. The Kier molecular flexibility index (Phi) is 7.27. The molecule has 144 valence electrons. The number of hydrazine groups is 1. The predicted molar refractivity (Wildman–Crippen MR) is 112 cm³/mol. The maximum atomic E-state index is 12.3. The summed E-state index contributed by atoms with van der Waals surface area (Å²) >= 11 is 11.5. The Hall–Kier alpha value is -2.51. The summed E-state index contributed by atoms with van der Waals surface area (Å²) in [5, 5.41) is 3.76. The van der Waals surface area contributed by atoms with Crippen LogP contribution in [0.4, 0.5) is 5.69 Å². The minimum Gasteiger partial charge on any atom is -0.493 e. The van der Waals surface area contributed by atoms with Gasteiger partial charge < -0.3 is 14.8 Å². The summed E-state index contributed by atoms with van der Waals surface area (Å²) in [7, 11) is 1.52. The van der Waals surface area contributed by atoms with Gasteiger partial charge in [0.2, 0.25) is 0 Å². The van der Waals surface area contributed by atoms with Gasteiger partial charge in [0.05, 0.1) is 24.4 Å². The van der Waals surface area contributed by atoms with Gasteiger partial charge in [0.1, 0.15) is 0 Å². The Balaban J connectivity index is 2.00. The number of anilines is 1. The lowest BCUT2D eigenvalue weighted by atomic mass is 10.1. The lowest BCUT2D eigenvalue weighted by Gasteiger charge is -2.15. The lowest BCUT2D eigenvalue weighted by Crippen LogP contribution is -2.43. The molecule has 1 amide bonds. The first kappa shape index (κ1) is 20.8. The molecule has 0 aromatic heterocycles. The molecule has 0 fully saturated rings. The molecular formula is C19H22ClN3O3S. The maximum absolute atomic E-state index is 12.3. The summed E-state index contributed by atoms with van der Waals surface area (Å²) in [5.74, 6) is 0.686. The third-order valence-electron chi connectivity index (χ3n) is 3.69. The van der Waals surface area contributed by atoms with Crippen LogP contribution in [0.25, 0.3) is 0 Å². The molecule has 0 heterocycles. The third-order valence-corrected chi connectivity index (χ3v) is 4.19. The number of ether oxygens (including phenoxy) is 2. The van der Waals surface area contributed by atoms with E-state index in [1.165, 1.54) is 7.11 Å². The number of thiocarbonyl (C=S) groups is 1. The second-order valence-corrected chi connectivity index (χ2v) is 6.59. The molecule has 0 bridgehead atoms. The quantitative estimate of drug-likeness (QED) is 0.514. The maximum Gasteiger partial charge on any atom is 0.269 e. The van der Waals surface area contributed by atoms with Crippen molar-refractivity contribution in [2.75, 3.05) is 19.0 Å². The van der Waals surface area contributed by atoms with E-state index in [1.54, 1.807) is 18.2 Å². The number of nitrogens with one attached hydrogen (secondary N) is 3. The van der Waals surface area contributed by atoms with Crippen molar-refractivity contribution in [3.05, 3.63) is 52.0 Å². The van der Waals surface area contributed by atoms with Crippen LogP contribution in [0.15, 0.2) is 30.3 Å². The second kappa shape index (κ2) is 9.43. The first-order valence-corrected chi connectivity index (χ1v) is 9.09. The molecule has 2 aromatic carbocycles. The number of aryl methyl sites for hydroxylation is 2. The second-order valence-electron chi connectivity index (χ2n) is 5.77. The number of rotatable bonds is 5. The van der Waals surface area contributed by atoms with Crippen molar-refractivity contribution in [2.45, 2.75) is 20.8 Å². The number of carbonyl (C=O) groups is 1. The number of hydrogen-bond donors (Lipinski definition) is 3. The van der Waals surface area contributed by atoms with Crippen LogP contribution in [0.5, 0.6) is 11.5 Å². The molecule has 0 atom stereocenters. The molecule has 0 spiro atoms. The van der Waals surface area contributed by atoms with Gasteiger partial charge in [-0.05, 0) is 68.4 Å². The van der Waals surface area contributed by atoms with Crippen molar-refractivity contribution >= 4 is 40.5 Å². The van der Waals surface area contributed by atoms with Gasteiger partial charge in [-0.3, -0.25) is 15.6 Å². The summed E-state index contributed by atoms with van der Waals surface area (Å²) in [5.41, 5.74) is 8.30. The summed E-state index contributed by atoms with van der Waals surface area (Å²) in [6.07, 6.45) is 0. The number of benzene rings is 2. The number of amides is 1. The smallest absolute Gasteiger partial charge is 0.269 e. The van der Waals surface area contributed by atoms with Crippen molar-refractivity contribution in [1.29, 1.82) is 0 Å². The summed E-state index contributed by atoms with van der Waals surface area (Å²) < 4.78 is 10.7. The van der Waals surface area contributed by atoms with Crippen molar-refractivity contribution in [1.82, 2.24) is 10.9 Å². The van der Waals surface area contributed by atoms with E-state index in [0.717, 1.165) is 11.1 Å². The predicted octanol–water partition coefficient (Wildman–Crippen LogP) is 4.00. The van der Waals surface area contributed by atoms with Gasteiger partial charge >= 0.3 is 0 Å². The molecule has 0 aliphatic heterocycles. The Labute approximate surface area is 169 Å². The fourth-order valence-corrected chi connectivity index (χ4v) is 3.01. The summed E-state index contributed by atoms with van der Waals surface area (Å²) in [4.78, 5) is 12.3. The monoisotopic (exact) mass is 407 g/mol. The van der Waals surface area contributed by atoms with Crippen LogP contribution in [-0.4, -0.2) is 24.7 Å². The van der Waals surface area contributed by atoms with Crippen molar-refractivity contribution < 1.29 is 14.3 Å². The minimum atomic E-state index is -0.368. The molecule has 27 heavy (non-hydrogen) atoms. The van der Waals surface area contributed by atoms with E-state index < -0.39 is 0 Å². The van der Waals surface area contributed by atoms with Gasteiger partial charge in [0.25, 0.3) is 5.91 Å². The van der Waals surface area contributed by atoms with Crippen LogP contribution in [0, 0.1) is 13.8 Å². The van der Waals surface area contributed by atoms with Gasteiger partial charge in [-0.2, -0.15) is 0 Å². The lowest BCUT2D eigenvalue weighted by molar-refractivity contribution is 0.0943. The van der Waals surface area contributed by atoms with E-state index in [4.69, 9.17) is 33.3 Å². The van der Waals surface area contributed by atoms with Crippen LogP contribution < -0.4 is 25.6 Å². The average molecular weight is 408 g/mol. The topological polar surface area (TPSA) is 71.6 Å². The van der Waals surface area contributed by atoms with Crippen LogP contribution in [-0.2, 0) is 0 Å². The molecule has 2 aromatic rings. The number of methoxy groups -OCH3 is 1. The minimum absolute atomic E-state index is 0.218. The molecule has 3 N–H and O–H groups in total. The van der Waals surface area contributed by atoms with E-state index in [2.05, 4.69) is 16.2 Å². The molecular weight excluding hydrogens is 386 g/mol. The molecule has 0 radical (unpaired) electrons. The molecule has 8 heteroatoms. The first-order chi connectivity index (χ1) is 12.8. The fraction of sp³-hybridized carbons (Fsp3) is 0.263. The SMILES string of the molecule is CCOc1ccc(C(=O)NNC(=S)Nc2c(C)cc(C)cc2Cl)cc1OC. The van der Waals surface area contributed by atoms with Gasteiger partial charge in [-0.15, -0.1) is 0 Å². The van der Waals surface area contributed by atoms with Crippen LogP contribution in [0.1, 0.15) is 28.4 Å². The molecule has 6 nitrogen and oxygen atoms in total. The number of halogens is 1. The van der Waals surface area contributed by atoms with E-state index in [0.29, 0.717) is 34.4 Å². The Morgan fingerprint density at radius 2 is 1.89 bits per heavy atom. The van der Waals surface area contributed by atoms with E-state index in [1.807, 2.05) is 32.9 Å². The average Bonchev–Trinajstić information content (AvgIpc) is 2.63. The molecule has 0 aliphatic carbocycles. The molecule has 2 rings (SSSR count). The summed E-state index contributed by atoms with van der Waals surface area (Å²) in [6, 6.07) is 8.75. The van der Waals surface area contributed by atoms with Crippen LogP contribution >= 0.6 is 23.8 Å². The summed E-state index contributed by atoms with van der Waals surface area (Å²) in [6.45, 7) is 6.27. The zero-order valence-electron chi connectivity index (χ0n) is 15.6. The van der Waals surface area contributed by atoms with Gasteiger partial charge in [0.15, 0.2) is 16.6 Å². The standard InChI is InChI=1S/C19H22ClN3O3S/c1-5-26-15-7-6-13(10-16(15)25-4)18(24)22-23-19(27)21-17-12(3)8-11(2)9-14(17)20/h6-10H,5H2,1-4H3,(H,22,24)(H2,21,23,27). The number of hydrogen-bond acceptors (Lipinski definition) is 4. The third kappa shape index (κ3) is 5.48. The van der Waals surface area contributed by atoms with Crippen LogP contribution in [0.2, 0.25) is 5.02 Å². The van der Waals surface area contributed by atoms with E-state index in [9.17, 15) is 4.79 Å². The highest BCUT2D eigenvalue weighted by molar-refractivity contribution is 7.80. The molecule has 0 unspecified atom stereocenters. The molecule has 0 aliphatic rings.